The number of carbonyl (C=O) groups excluding carboxylic acids is 2. The van der Waals surface area contributed by atoms with Crippen molar-refractivity contribution in [2.24, 2.45) is 11.1 Å². The number of anilines is 1. The average Bonchev–Trinajstić information content (AvgIpc) is 2.71. The van der Waals surface area contributed by atoms with Crippen LogP contribution in [-0.4, -0.2) is 48.9 Å². The van der Waals surface area contributed by atoms with Crippen molar-refractivity contribution in [2.45, 2.75) is 57.4 Å². The summed E-state index contributed by atoms with van der Waals surface area (Å²) in [6, 6.07) is 9.73. The summed E-state index contributed by atoms with van der Waals surface area (Å²) in [4.78, 5) is 26.9. The van der Waals surface area contributed by atoms with Crippen molar-refractivity contribution >= 4 is 17.5 Å². The van der Waals surface area contributed by atoms with Gasteiger partial charge in [-0.15, -0.1) is 0 Å². The molecule has 4 N–H and O–H groups in total. The summed E-state index contributed by atoms with van der Waals surface area (Å²) in [7, 11) is 0. The van der Waals surface area contributed by atoms with Crippen LogP contribution >= 0.6 is 0 Å². The fourth-order valence-corrected chi connectivity index (χ4v) is 4.53. The number of nitrogens with two attached hydrogens (primary N) is 1. The minimum atomic E-state index is 0.0101. The number of hydrogen-bond acceptors (Lipinski definition) is 4. The molecule has 1 aliphatic carbocycles. The lowest BCUT2D eigenvalue weighted by atomic mass is 9.71. The lowest BCUT2D eigenvalue weighted by Crippen LogP contribution is -2.48. The van der Waals surface area contributed by atoms with Gasteiger partial charge in [-0.05, 0) is 49.8 Å². The Bertz CT molecular complexity index is 635. The van der Waals surface area contributed by atoms with E-state index in [0.717, 1.165) is 44.5 Å². The number of para-hydroxylation sites is 1. The number of nitrogens with zero attached hydrogens (tertiary/aromatic N) is 1. The smallest absolute Gasteiger partial charge is 0.238 e. The maximum absolute atomic E-state index is 12.6. The van der Waals surface area contributed by atoms with Crippen LogP contribution in [-0.2, 0) is 9.59 Å². The highest BCUT2D eigenvalue weighted by atomic mass is 16.2. The third kappa shape index (κ3) is 6.04. The molecule has 1 saturated heterocycles. The predicted molar refractivity (Wildman–Crippen MR) is 112 cm³/mol. The van der Waals surface area contributed by atoms with Gasteiger partial charge in [-0.25, -0.2) is 0 Å². The van der Waals surface area contributed by atoms with E-state index < -0.39 is 0 Å². The van der Waals surface area contributed by atoms with Crippen LogP contribution in [0.1, 0.15) is 51.4 Å². The van der Waals surface area contributed by atoms with Gasteiger partial charge in [0, 0.05) is 31.2 Å². The van der Waals surface area contributed by atoms with E-state index in [1.165, 1.54) is 19.3 Å². The normalized spacial score (nSPS) is 20.5. The number of likely N-dealkylation sites (tertiary alicyclic amines) is 1. The molecule has 1 aromatic carbocycles. The van der Waals surface area contributed by atoms with Gasteiger partial charge in [-0.1, -0.05) is 37.5 Å². The molecule has 6 heteroatoms. The molecule has 2 aliphatic rings. The number of hydrogen-bond donors (Lipinski definition) is 3. The zero-order valence-electron chi connectivity index (χ0n) is 16.8. The van der Waals surface area contributed by atoms with Crippen molar-refractivity contribution in [1.29, 1.82) is 0 Å². The fourth-order valence-electron chi connectivity index (χ4n) is 4.53. The van der Waals surface area contributed by atoms with Crippen molar-refractivity contribution < 1.29 is 9.59 Å². The monoisotopic (exact) mass is 386 g/mol. The van der Waals surface area contributed by atoms with Crippen molar-refractivity contribution in [3.8, 4) is 0 Å². The summed E-state index contributed by atoms with van der Waals surface area (Å²) in [5, 5.41) is 6.14. The summed E-state index contributed by atoms with van der Waals surface area (Å²) in [5.74, 6) is 0.156. The van der Waals surface area contributed by atoms with E-state index >= 15 is 0 Å². The van der Waals surface area contributed by atoms with E-state index in [-0.39, 0.29) is 23.3 Å². The third-order valence-electron chi connectivity index (χ3n) is 6.26. The summed E-state index contributed by atoms with van der Waals surface area (Å²) >= 11 is 0. The predicted octanol–water partition coefficient (Wildman–Crippen LogP) is 2.51. The summed E-state index contributed by atoms with van der Waals surface area (Å²) in [6.07, 6.45) is 8.13. The molecule has 1 aromatic rings. The summed E-state index contributed by atoms with van der Waals surface area (Å²) in [5.41, 5.74) is 6.85. The van der Waals surface area contributed by atoms with Crippen LogP contribution in [0.2, 0.25) is 0 Å². The van der Waals surface area contributed by atoms with Gasteiger partial charge < -0.3 is 16.4 Å². The highest BCUT2D eigenvalue weighted by Crippen LogP contribution is 2.38. The first-order valence-electron chi connectivity index (χ1n) is 10.7. The minimum absolute atomic E-state index is 0.0101. The summed E-state index contributed by atoms with van der Waals surface area (Å²) in [6.45, 7) is 2.66. The molecule has 2 amide bonds. The first kappa shape index (κ1) is 20.8. The Kier molecular flexibility index (Phi) is 7.45. The van der Waals surface area contributed by atoms with Gasteiger partial charge in [0.1, 0.15) is 0 Å². The molecule has 1 heterocycles. The molecule has 1 aliphatic heterocycles. The average molecular weight is 387 g/mol. The van der Waals surface area contributed by atoms with Gasteiger partial charge >= 0.3 is 0 Å². The minimum Gasteiger partial charge on any atom is -0.353 e. The van der Waals surface area contributed by atoms with Gasteiger partial charge in [0.2, 0.25) is 11.8 Å². The Balaban J connectivity index is 1.37. The van der Waals surface area contributed by atoms with Gasteiger partial charge in [0.05, 0.1) is 6.54 Å². The Labute approximate surface area is 168 Å². The standard InChI is InChI=1S/C22H34N4O2/c23-17-22(11-5-2-6-12-22)15-20(27)24-19-9-13-26(14-10-19)16-21(28)25-18-7-3-1-4-8-18/h1,3-4,7-8,19H,2,5-6,9-17,23H2,(H,24,27)(H,25,28). The zero-order valence-corrected chi connectivity index (χ0v) is 16.8. The first-order valence-corrected chi connectivity index (χ1v) is 10.7. The highest BCUT2D eigenvalue weighted by molar-refractivity contribution is 5.92. The molecular formula is C22H34N4O2. The van der Waals surface area contributed by atoms with Crippen LogP contribution < -0.4 is 16.4 Å². The second-order valence-corrected chi connectivity index (χ2v) is 8.47. The number of benzene rings is 1. The SMILES string of the molecule is NCC1(CC(=O)NC2CCN(CC(=O)Nc3ccccc3)CC2)CCCCC1. The molecule has 0 atom stereocenters. The molecule has 28 heavy (non-hydrogen) atoms. The molecule has 1 saturated carbocycles. The van der Waals surface area contributed by atoms with E-state index in [0.29, 0.717) is 19.5 Å². The maximum atomic E-state index is 12.6. The van der Waals surface area contributed by atoms with E-state index in [2.05, 4.69) is 15.5 Å². The molecule has 3 rings (SSSR count). The van der Waals surface area contributed by atoms with Gasteiger partial charge in [0.25, 0.3) is 0 Å². The Morgan fingerprint density at radius 1 is 1.04 bits per heavy atom. The van der Waals surface area contributed by atoms with Crippen LogP contribution in [0, 0.1) is 5.41 Å². The number of piperidine rings is 1. The van der Waals surface area contributed by atoms with Crippen molar-refractivity contribution in [3.63, 3.8) is 0 Å². The molecule has 0 radical (unpaired) electrons. The first-order chi connectivity index (χ1) is 13.6. The quantitative estimate of drug-likeness (QED) is 0.672. The van der Waals surface area contributed by atoms with Crippen LogP contribution in [0.4, 0.5) is 5.69 Å². The zero-order chi connectivity index (χ0) is 19.8. The fraction of sp³-hybridized carbons (Fsp3) is 0.636. The number of carbonyl (C=O) groups is 2. The lowest BCUT2D eigenvalue weighted by molar-refractivity contribution is -0.125. The van der Waals surface area contributed by atoms with E-state index in [4.69, 9.17) is 5.73 Å². The molecule has 2 fully saturated rings. The molecule has 6 nitrogen and oxygen atoms in total. The van der Waals surface area contributed by atoms with E-state index in [1.807, 2.05) is 30.3 Å². The maximum Gasteiger partial charge on any atom is 0.238 e. The molecular weight excluding hydrogens is 352 g/mol. The van der Waals surface area contributed by atoms with Crippen LogP contribution in [0.3, 0.4) is 0 Å². The molecule has 0 unspecified atom stereocenters. The highest BCUT2D eigenvalue weighted by Gasteiger charge is 2.33. The number of nitrogens with one attached hydrogen (secondary N) is 2. The molecule has 0 bridgehead atoms. The number of rotatable bonds is 7. The van der Waals surface area contributed by atoms with E-state index in [1.54, 1.807) is 0 Å². The topological polar surface area (TPSA) is 87.5 Å². The second kappa shape index (κ2) is 10.0. The van der Waals surface area contributed by atoms with Gasteiger partial charge in [-0.3, -0.25) is 14.5 Å². The Hall–Kier alpha value is -1.92. The van der Waals surface area contributed by atoms with Crippen molar-refractivity contribution in [1.82, 2.24) is 10.2 Å². The van der Waals surface area contributed by atoms with Crippen molar-refractivity contribution in [3.05, 3.63) is 30.3 Å². The lowest BCUT2D eigenvalue weighted by Gasteiger charge is -2.37. The summed E-state index contributed by atoms with van der Waals surface area (Å²) < 4.78 is 0. The van der Waals surface area contributed by atoms with Gasteiger partial charge in [-0.2, -0.15) is 0 Å². The molecule has 0 spiro atoms. The Morgan fingerprint density at radius 2 is 1.71 bits per heavy atom. The number of amides is 2. The van der Waals surface area contributed by atoms with Crippen molar-refractivity contribution in [2.75, 3.05) is 31.5 Å². The molecule has 0 aromatic heterocycles. The van der Waals surface area contributed by atoms with Crippen LogP contribution in [0.5, 0.6) is 0 Å². The Morgan fingerprint density at radius 3 is 2.36 bits per heavy atom. The second-order valence-electron chi connectivity index (χ2n) is 8.47. The van der Waals surface area contributed by atoms with Crippen LogP contribution in [0.15, 0.2) is 30.3 Å². The molecule has 154 valence electrons. The van der Waals surface area contributed by atoms with Crippen LogP contribution in [0.25, 0.3) is 0 Å². The largest absolute Gasteiger partial charge is 0.353 e. The van der Waals surface area contributed by atoms with Gasteiger partial charge in [0.15, 0.2) is 0 Å². The van der Waals surface area contributed by atoms with E-state index in [9.17, 15) is 9.59 Å². The third-order valence-corrected chi connectivity index (χ3v) is 6.26.